The number of carbonyl (C=O) groups excluding carboxylic acids is 4. The maximum absolute atomic E-state index is 13.2. The van der Waals surface area contributed by atoms with Gasteiger partial charge in [0.15, 0.2) is 6.10 Å². The number of fused-ring (bicyclic) bond motifs is 1. The van der Waals surface area contributed by atoms with Crippen LogP contribution in [-0.2, 0) is 20.7 Å². The average molecular weight is 420 g/mol. The van der Waals surface area contributed by atoms with Crippen LogP contribution in [0.3, 0.4) is 0 Å². The van der Waals surface area contributed by atoms with Gasteiger partial charge in [0.2, 0.25) is 0 Å². The first-order valence-electron chi connectivity index (χ1n) is 10.5. The Kier molecular flexibility index (Phi) is 5.84. The second kappa shape index (κ2) is 8.71. The molecule has 2 atom stereocenters. The zero-order valence-corrected chi connectivity index (χ0v) is 17.3. The second-order valence-electron chi connectivity index (χ2n) is 7.84. The Labute approximate surface area is 180 Å². The fourth-order valence-corrected chi connectivity index (χ4v) is 4.11. The lowest BCUT2D eigenvalue weighted by Gasteiger charge is -2.27. The highest BCUT2D eigenvalue weighted by molar-refractivity contribution is 6.22. The molecule has 31 heavy (non-hydrogen) atoms. The smallest absolute Gasteiger partial charge is 0.330 e. The molecule has 4 rings (SSSR count). The number of ether oxygens (including phenoxy) is 1. The Morgan fingerprint density at radius 2 is 1.45 bits per heavy atom. The van der Waals surface area contributed by atoms with Gasteiger partial charge >= 0.3 is 5.97 Å². The van der Waals surface area contributed by atoms with Gasteiger partial charge in [-0.3, -0.25) is 19.3 Å². The topological polar surface area (TPSA) is 84.0 Å². The number of likely N-dealkylation sites (tertiary alicyclic amines) is 1. The number of nitrogens with zero attached hydrogens (tertiary/aromatic N) is 2. The summed E-state index contributed by atoms with van der Waals surface area (Å²) in [6.07, 6.45) is 0.977. The fraction of sp³-hybridized carbons (Fsp3) is 0.333. The molecule has 160 valence electrons. The van der Waals surface area contributed by atoms with Crippen molar-refractivity contribution in [2.45, 2.75) is 38.3 Å². The van der Waals surface area contributed by atoms with E-state index in [1.54, 1.807) is 29.2 Å². The van der Waals surface area contributed by atoms with Gasteiger partial charge in [0.1, 0.15) is 6.04 Å². The normalized spacial score (nSPS) is 17.5. The minimum absolute atomic E-state index is 0.107. The number of hydrogen-bond donors (Lipinski definition) is 0. The van der Waals surface area contributed by atoms with Crippen LogP contribution in [0, 0.1) is 0 Å². The minimum atomic E-state index is -1.16. The molecule has 0 radical (unpaired) electrons. The average Bonchev–Trinajstić information content (AvgIpc) is 3.40. The summed E-state index contributed by atoms with van der Waals surface area (Å²) >= 11 is 0. The van der Waals surface area contributed by atoms with Crippen LogP contribution in [-0.4, -0.2) is 58.7 Å². The van der Waals surface area contributed by atoms with Crippen LogP contribution in [0.25, 0.3) is 0 Å². The Bertz CT molecular complexity index is 979. The molecule has 0 aliphatic carbocycles. The quantitative estimate of drug-likeness (QED) is 0.530. The molecule has 1 fully saturated rings. The highest BCUT2D eigenvalue weighted by atomic mass is 16.5. The Hall–Kier alpha value is -3.48. The van der Waals surface area contributed by atoms with Crippen molar-refractivity contribution in [3.63, 3.8) is 0 Å². The van der Waals surface area contributed by atoms with Gasteiger partial charge in [-0.1, -0.05) is 42.5 Å². The van der Waals surface area contributed by atoms with Crippen LogP contribution >= 0.6 is 0 Å². The van der Waals surface area contributed by atoms with Gasteiger partial charge in [0.05, 0.1) is 11.1 Å². The summed E-state index contributed by atoms with van der Waals surface area (Å²) in [5, 5.41) is 0. The highest BCUT2D eigenvalue weighted by Crippen LogP contribution is 2.27. The molecule has 0 N–H and O–H groups in total. The summed E-state index contributed by atoms with van der Waals surface area (Å²) in [7, 11) is 0. The molecule has 0 bridgehead atoms. The molecule has 0 unspecified atom stereocenters. The van der Waals surface area contributed by atoms with E-state index in [0.29, 0.717) is 13.1 Å². The third-order valence-electron chi connectivity index (χ3n) is 5.74. The lowest BCUT2D eigenvalue weighted by Crippen LogP contribution is -2.49. The predicted octanol–water partition coefficient (Wildman–Crippen LogP) is 2.45. The zero-order chi connectivity index (χ0) is 22.0. The number of carbonyl (C=O) groups is 4. The number of hydrogen-bond acceptors (Lipinski definition) is 5. The highest BCUT2D eigenvalue weighted by Gasteiger charge is 2.44. The van der Waals surface area contributed by atoms with Gasteiger partial charge in [0.25, 0.3) is 17.7 Å². The van der Waals surface area contributed by atoms with Crippen molar-refractivity contribution in [1.29, 1.82) is 0 Å². The predicted molar refractivity (Wildman–Crippen MR) is 112 cm³/mol. The van der Waals surface area contributed by atoms with E-state index in [0.717, 1.165) is 23.3 Å². The van der Waals surface area contributed by atoms with Crippen LogP contribution in [0.15, 0.2) is 54.6 Å². The largest absolute Gasteiger partial charge is 0.451 e. The number of amides is 3. The molecule has 0 saturated carbocycles. The zero-order valence-electron chi connectivity index (χ0n) is 17.3. The van der Waals surface area contributed by atoms with Crippen molar-refractivity contribution >= 4 is 23.7 Å². The Balaban J connectivity index is 1.59. The first kappa shape index (κ1) is 20.8. The molecule has 3 amide bonds. The Morgan fingerprint density at radius 3 is 2.03 bits per heavy atom. The van der Waals surface area contributed by atoms with Crippen molar-refractivity contribution < 1.29 is 23.9 Å². The van der Waals surface area contributed by atoms with Crippen molar-refractivity contribution in [2.24, 2.45) is 0 Å². The lowest BCUT2D eigenvalue weighted by atomic mass is 10.0. The van der Waals surface area contributed by atoms with Crippen LogP contribution in [0.2, 0.25) is 0 Å². The molecule has 2 aromatic carbocycles. The molecule has 2 aliphatic rings. The molecule has 7 heteroatoms. The van der Waals surface area contributed by atoms with Crippen LogP contribution in [0.1, 0.15) is 46.0 Å². The molecule has 2 aromatic rings. The Morgan fingerprint density at radius 1 is 0.903 bits per heavy atom. The molecule has 2 heterocycles. The summed E-state index contributed by atoms with van der Waals surface area (Å²) in [4.78, 5) is 54.4. The summed E-state index contributed by atoms with van der Waals surface area (Å²) in [5.41, 5.74) is 1.30. The summed E-state index contributed by atoms with van der Waals surface area (Å²) in [6, 6.07) is 14.4. The second-order valence-corrected chi connectivity index (χ2v) is 7.84. The van der Waals surface area contributed by atoms with E-state index in [-0.39, 0.29) is 23.5 Å². The lowest BCUT2D eigenvalue weighted by molar-refractivity contribution is -0.161. The molecular weight excluding hydrogens is 396 g/mol. The van der Waals surface area contributed by atoms with Gasteiger partial charge in [-0.25, -0.2) is 4.79 Å². The maximum atomic E-state index is 13.2. The third kappa shape index (κ3) is 4.08. The maximum Gasteiger partial charge on any atom is 0.330 e. The molecule has 0 spiro atoms. The van der Waals surface area contributed by atoms with E-state index >= 15 is 0 Å². The molecular formula is C24H24N2O5. The van der Waals surface area contributed by atoms with Gasteiger partial charge in [-0.05, 0) is 37.5 Å². The third-order valence-corrected chi connectivity index (χ3v) is 5.74. The molecule has 7 nitrogen and oxygen atoms in total. The van der Waals surface area contributed by atoms with E-state index in [4.69, 9.17) is 4.74 Å². The standard InChI is InChI=1S/C24H24N2O5/c1-16(21(27)25-13-7-8-14-25)31-24(30)20(15-17-9-3-2-4-10-17)26-22(28)18-11-5-6-12-19(18)23(26)29/h2-6,9-12,16,20H,7-8,13-15H2,1H3/t16-,20-/m0/s1. The first-order valence-corrected chi connectivity index (χ1v) is 10.5. The number of imide groups is 1. The first-order chi connectivity index (χ1) is 15.0. The van der Waals surface area contributed by atoms with E-state index in [9.17, 15) is 19.2 Å². The van der Waals surface area contributed by atoms with Crippen molar-refractivity contribution in [3.05, 3.63) is 71.3 Å². The van der Waals surface area contributed by atoms with Gasteiger partial charge in [-0.2, -0.15) is 0 Å². The van der Waals surface area contributed by atoms with E-state index in [1.807, 2.05) is 30.3 Å². The van der Waals surface area contributed by atoms with Crippen molar-refractivity contribution in [3.8, 4) is 0 Å². The monoisotopic (exact) mass is 420 g/mol. The van der Waals surface area contributed by atoms with Gasteiger partial charge in [-0.15, -0.1) is 0 Å². The fourth-order valence-electron chi connectivity index (χ4n) is 4.11. The number of rotatable bonds is 6. The van der Waals surface area contributed by atoms with E-state index in [2.05, 4.69) is 0 Å². The van der Waals surface area contributed by atoms with Crippen LogP contribution in [0.4, 0.5) is 0 Å². The molecule has 1 saturated heterocycles. The molecule has 0 aromatic heterocycles. The SMILES string of the molecule is C[C@H](OC(=O)[C@H](Cc1ccccc1)N1C(=O)c2ccccc2C1=O)C(=O)N1CCCC1. The van der Waals surface area contributed by atoms with E-state index in [1.165, 1.54) is 6.92 Å². The van der Waals surface area contributed by atoms with E-state index < -0.39 is 29.9 Å². The van der Waals surface area contributed by atoms with Crippen LogP contribution < -0.4 is 0 Å². The number of benzene rings is 2. The van der Waals surface area contributed by atoms with Crippen molar-refractivity contribution in [1.82, 2.24) is 9.80 Å². The summed E-state index contributed by atoms with van der Waals surface area (Å²) < 4.78 is 5.49. The van der Waals surface area contributed by atoms with Gasteiger partial charge in [0, 0.05) is 19.5 Å². The number of esters is 1. The summed E-state index contributed by atoms with van der Waals surface area (Å²) in [5.74, 6) is -2.08. The summed E-state index contributed by atoms with van der Waals surface area (Å²) in [6.45, 7) is 2.82. The van der Waals surface area contributed by atoms with Gasteiger partial charge < -0.3 is 9.64 Å². The van der Waals surface area contributed by atoms with Crippen molar-refractivity contribution in [2.75, 3.05) is 13.1 Å². The van der Waals surface area contributed by atoms with Crippen LogP contribution in [0.5, 0.6) is 0 Å². The molecule has 2 aliphatic heterocycles. The minimum Gasteiger partial charge on any atom is -0.451 e.